The van der Waals surface area contributed by atoms with Gasteiger partial charge in [-0.1, -0.05) is 13.8 Å². The molecule has 0 saturated carbocycles. The molecule has 0 fully saturated rings. The smallest absolute Gasteiger partial charge is 0.191 e. The van der Waals surface area contributed by atoms with Crippen molar-refractivity contribution >= 4 is 46.8 Å². The molecule has 0 radical (unpaired) electrons. The van der Waals surface area contributed by atoms with Crippen LogP contribution in [-0.2, 0) is 11.8 Å². The topological polar surface area (TPSA) is 101 Å². The number of hydrogen-bond acceptors (Lipinski definition) is 6. The molecule has 0 aromatic carbocycles. The largest absolute Gasteiger partial charge is 0.378 e. The molecule has 0 aliphatic heterocycles. The Kier molecular flexibility index (Phi) is 11.8. The average Bonchev–Trinajstić information content (AvgIpc) is 3.06. The minimum Gasteiger partial charge on any atom is -0.378 e. The molecule has 1 unspecified atom stereocenters. The lowest BCUT2D eigenvalue weighted by molar-refractivity contribution is 0.0266. The number of anilines is 1. The molecule has 2 aromatic heterocycles. The number of aryl methyl sites for hydroxylation is 1. The number of hydrogen-bond donors (Lipinski definition) is 3. The van der Waals surface area contributed by atoms with E-state index in [4.69, 9.17) is 4.74 Å². The Hall–Kier alpha value is -1.69. The van der Waals surface area contributed by atoms with Gasteiger partial charge >= 0.3 is 0 Å². The quantitative estimate of drug-likeness (QED) is 0.182. The molecule has 164 valence electrons. The van der Waals surface area contributed by atoms with E-state index in [0.29, 0.717) is 12.5 Å². The second-order valence-corrected chi connectivity index (χ2v) is 6.87. The predicted octanol–water partition coefficient (Wildman–Crippen LogP) is 2.40. The van der Waals surface area contributed by atoms with E-state index < -0.39 is 0 Å². The van der Waals surface area contributed by atoms with Gasteiger partial charge in [-0.05, 0) is 26.2 Å². The van der Waals surface area contributed by atoms with Gasteiger partial charge < -0.3 is 20.7 Å². The van der Waals surface area contributed by atoms with Crippen LogP contribution < -0.4 is 16.0 Å². The number of nitrogens with one attached hydrogen (secondary N) is 3. The highest BCUT2D eigenvalue weighted by molar-refractivity contribution is 14.0. The van der Waals surface area contributed by atoms with Crippen LogP contribution in [0.3, 0.4) is 0 Å². The van der Waals surface area contributed by atoms with Crippen molar-refractivity contribution in [2.24, 2.45) is 18.0 Å². The second-order valence-electron chi connectivity index (χ2n) is 6.87. The maximum absolute atomic E-state index is 5.79. The normalized spacial score (nSPS) is 12.7. The molecule has 0 aliphatic carbocycles. The first-order valence-corrected chi connectivity index (χ1v) is 10.1. The van der Waals surface area contributed by atoms with E-state index in [1.54, 1.807) is 17.2 Å². The Morgan fingerprint density at radius 1 is 1.21 bits per heavy atom. The number of aliphatic imine (C=N–C) groups is 1. The van der Waals surface area contributed by atoms with Crippen LogP contribution in [0.15, 0.2) is 17.5 Å². The molecule has 1 atom stereocenters. The molecule has 0 bridgehead atoms. The summed E-state index contributed by atoms with van der Waals surface area (Å²) in [6, 6.07) is 0. The minimum atomic E-state index is 0. The van der Waals surface area contributed by atoms with Crippen molar-refractivity contribution in [1.82, 2.24) is 30.4 Å². The first-order valence-electron chi connectivity index (χ1n) is 10.1. The van der Waals surface area contributed by atoms with Crippen molar-refractivity contribution in [2.45, 2.75) is 40.2 Å². The van der Waals surface area contributed by atoms with Crippen molar-refractivity contribution < 1.29 is 4.74 Å². The van der Waals surface area contributed by atoms with Gasteiger partial charge in [0.25, 0.3) is 0 Å². The average molecular weight is 518 g/mol. The van der Waals surface area contributed by atoms with Gasteiger partial charge in [0.05, 0.1) is 17.7 Å². The van der Waals surface area contributed by atoms with Crippen LogP contribution in [0.2, 0.25) is 0 Å². The third-order valence-corrected chi connectivity index (χ3v) is 4.39. The van der Waals surface area contributed by atoms with Crippen molar-refractivity contribution in [3.05, 3.63) is 12.5 Å². The molecular weight excluding hydrogens is 483 g/mol. The maximum Gasteiger partial charge on any atom is 0.191 e. The summed E-state index contributed by atoms with van der Waals surface area (Å²) in [5, 5.41) is 15.1. The Bertz CT molecular complexity index is 749. The van der Waals surface area contributed by atoms with Crippen molar-refractivity contribution in [3.63, 3.8) is 0 Å². The van der Waals surface area contributed by atoms with E-state index in [0.717, 1.165) is 55.5 Å². The highest BCUT2D eigenvalue weighted by Gasteiger charge is 2.12. The van der Waals surface area contributed by atoms with Gasteiger partial charge in [-0.15, -0.1) is 24.0 Å². The van der Waals surface area contributed by atoms with Gasteiger partial charge in [-0.3, -0.25) is 9.67 Å². The fourth-order valence-corrected chi connectivity index (χ4v) is 2.93. The molecule has 29 heavy (non-hydrogen) atoms. The summed E-state index contributed by atoms with van der Waals surface area (Å²) in [6.45, 7) is 12.2. The molecule has 0 saturated heterocycles. The van der Waals surface area contributed by atoms with Crippen LogP contribution in [-0.4, -0.2) is 64.6 Å². The van der Waals surface area contributed by atoms with Crippen LogP contribution in [0.25, 0.3) is 11.0 Å². The van der Waals surface area contributed by atoms with Crippen LogP contribution in [0.5, 0.6) is 0 Å². The van der Waals surface area contributed by atoms with E-state index in [9.17, 15) is 0 Å². The molecule has 3 N–H and O–H groups in total. The molecule has 2 rings (SSSR count). The van der Waals surface area contributed by atoms with E-state index in [1.807, 2.05) is 14.0 Å². The van der Waals surface area contributed by atoms with Gasteiger partial charge in [0.1, 0.15) is 12.1 Å². The van der Waals surface area contributed by atoms with Crippen LogP contribution >= 0.6 is 24.0 Å². The predicted molar refractivity (Wildman–Crippen MR) is 129 cm³/mol. The van der Waals surface area contributed by atoms with E-state index in [1.165, 1.54) is 0 Å². The summed E-state index contributed by atoms with van der Waals surface area (Å²) in [5.74, 6) is 2.10. The monoisotopic (exact) mass is 518 g/mol. The molecule has 10 heteroatoms. The Labute approximate surface area is 190 Å². The molecule has 0 spiro atoms. The standard InChI is InChI=1S/C19H34N8O.HI/c1-6-20-19(22-9-8-16(14(3)4)28-7-2)23-11-10-21-17-15-12-26-27(5)18(15)25-13-24-17;/h12-14,16H,6-11H2,1-5H3,(H2,20,22,23)(H,21,24,25);1H. The van der Waals surface area contributed by atoms with Gasteiger partial charge in [-0.2, -0.15) is 5.10 Å². The number of fused-ring (bicyclic) bond motifs is 1. The summed E-state index contributed by atoms with van der Waals surface area (Å²) >= 11 is 0. The van der Waals surface area contributed by atoms with Crippen LogP contribution in [0.4, 0.5) is 5.82 Å². The SMILES string of the molecule is CCNC(=NCCC(OCC)C(C)C)NCCNc1ncnc2c1cnn2C.I. The van der Waals surface area contributed by atoms with E-state index in [2.05, 4.69) is 56.8 Å². The number of rotatable bonds is 11. The summed E-state index contributed by atoms with van der Waals surface area (Å²) in [7, 11) is 1.87. The zero-order chi connectivity index (χ0) is 20.4. The van der Waals surface area contributed by atoms with Gasteiger partial charge in [0, 0.05) is 39.8 Å². The lowest BCUT2D eigenvalue weighted by Gasteiger charge is -2.20. The fraction of sp³-hybridized carbons (Fsp3) is 0.684. The number of aromatic nitrogens is 4. The summed E-state index contributed by atoms with van der Waals surface area (Å²) in [5.41, 5.74) is 0.814. The molecule has 2 aromatic rings. The summed E-state index contributed by atoms with van der Waals surface area (Å²) in [4.78, 5) is 13.2. The molecule has 0 aliphatic rings. The maximum atomic E-state index is 5.79. The fourth-order valence-electron chi connectivity index (χ4n) is 2.93. The number of ether oxygens (including phenoxy) is 1. The molecule has 2 heterocycles. The highest BCUT2D eigenvalue weighted by atomic mass is 127. The molecule has 9 nitrogen and oxygen atoms in total. The van der Waals surface area contributed by atoms with Crippen LogP contribution in [0.1, 0.15) is 34.1 Å². The number of halogens is 1. The third-order valence-electron chi connectivity index (χ3n) is 4.39. The summed E-state index contributed by atoms with van der Waals surface area (Å²) in [6.07, 6.45) is 4.49. The van der Waals surface area contributed by atoms with Crippen molar-refractivity contribution in [1.29, 1.82) is 0 Å². The highest BCUT2D eigenvalue weighted by Crippen LogP contribution is 2.17. The first kappa shape index (κ1) is 25.3. The third kappa shape index (κ3) is 7.92. The van der Waals surface area contributed by atoms with Crippen molar-refractivity contribution in [3.8, 4) is 0 Å². The lowest BCUT2D eigenvalue weighted by atomic mass is 10.0. The van der Waals surface area contributed by atoms with E-state index in [-0.39, 0.29) is 30.1 Å². The van der Waals surface area contributed by atoms with Gasteiger partial charge in [-0.25, -0.2) is 9.97 Å². The van der Waals surface area contributed by atoms with Crippen LogP contribution in [0, 0.1) is 5.92 Å². The van der Waals surface area contributed by atoms with Gasteiger partial charge in [0.15, 0.2) is 11.6 Å². The Morgan fingerprint density at radius 2 is 2.00 bits per heavy atom. The van der Waals surface area contributed by atoms with Gasteiger partial charge in [0.2, 0.25) is 0 Å². The molecular formula is C19H35IN8O. The minimum absolute atomic E-state index is 0. The second kappa shape index (κ2) is 13.5. The Morgan fingerprint density at radius 3 is 2.69 bits per heavy atom. The summed E-state index contributed by atoms with van der Waals surface area (Å²) < 4.78 is 7.53. The number of nitrogens with zero attached hydrogens (tertiary/aromatic N) is 5. The Balaban J connectivity index is 0.00000420. The van der Waals surface area contributed by atoms with Crippen molar-refractivity contribution in [2.75, 3.05) is 38.1 Å². The van der Waals surface area contributed by atoms with E-state index >= 15 is 0 Å². The molecule has 0 amide bonds. The zero-order valence-corrected chi connectivity index (χ0v) is 20.4. The first-order chi connectivity index (χ1) is 13.6. The lowest BCUT2D eigenvalue weighted by Crippen LogP contribution is -2.39. The zero-order valence-electron chi connectivity index (χ0n) is 18.1. The number of guanidine groups is 1.